The molecule has 0 aromatic heterocycles. The number of carboxylic acids is 1. The molecule has 0 fully saturated rings. The van der Waals surface area contributed by atoms with E-state index in [9.17, 15) is 9.59 Å². The SMILES string of the molecule is COc1cc(Cl)cc(Cl)c1C(=O)CCCC(=O)O. The fourth-order valence-electron chi connectivity index (χ4n) is 1.51. The van der Waals surface area contributed by atoms with Gasteiger partial charge in [-0.3, -0.25) is 9.59 Å². The van der Waals surface area contributed by atoms with Crippen LogP contribution in [-0.2, 0) is 4.79 Å². The van der Waals surface area contributed by atoms with Gasteiger partial charge in [0.15, 0.2) is 5.78 Å². The van der Waals surface area contributed by atoms with Crippen molar-refractivity contribution in [3.05, 3.63) is 27.7 Å². The summed E-state index contributed by atoms with van der Waals surface area (Å²) in [5.74, 6) is -0.889. The van der Waals surface area contributed by atoms with Crippen LogP contribution in [0.3, 0.4) is 0 Å². The van der Waals surface area contributed by atoms with Gasteiger partial charge in [-0.05, 0) is 18.6 Å². The van der Waals surface area contributed by atoms with Crippen LogP contribution in [0.25, 0.3) is 0 Å². The van der Waals surface area contributed by atoms with E-state index in [0.717, 1.165) is 0 Å². The van der Waals surface area contributed by atoms with E-state index >= 15 is 0 Å². The summed E-state index contributed by atoms with van der Waals surface area (Å²) in [6.45, 7) is 0. The van der Waals surface area contributed by atoms with Crippen molar-refractivity contribution in [1.29, 1.82) is 0 Å². The van der Waals surface area contributed by atoms with Crippen molar-refractivity contribution in [1.82, 2.24) is 0 Å². The van der Waals surface area contributed by atoms with Crippen LogP contribution in [0.15, 0.2) is 12.1 Å². The van der Waals surface area contributed by atoms with Crippen LogP contribution < -0.4 is 4.74 Å². The van der Waals surface area contributed by atoms with E-state index in [1.54, 1.807) is 0 Å². The Kier molecular flexibility index (Phi) is 5.44. The molecular weight excluding hydrogens is 279 g/mol. The topological polar surface area (TPSA) is 63.6 Å². The van der Waals surface area contributed by atoms with Gasteiger partial charge in [0, 0.05) is 17.9 Å². The number of halogens is 2. The molecule has 0 saturated carbocycles. The number of benzene rings is 1. The number of carbonyl (C=O) groups excluding carboxylic acids is 1. The van der Waals surface area contributed by atoms with Gasteiger partial charge in [-0.2, -0.15) is 0 Å². The van der Waals surface area contributed by atoms with Crippen molar-refractivity contribution < 1.29 is 19.4 Å². The van der Waals surface area contributed by atoms with E-state index < -0.39 is 5.97 Å². The minimum Gasteiger partial charge on any atom is -0.496 e. The molecule has 0 aliphatic heterocycles. The number of rotatable bonds is 6. The monoisotopic (exact) mass is 290 g/mol. The number of Topliss-reactive ketones (excluding diaryl/α,β-unsaturated/α-hetero) is 1. The Labute approximate surface area is 114 Å². The molecule has 0 amide bonds. The molecule has 0 atom stereocenters. The first kappa shape index (κ1) is 14.8. The predicted molar refractivity (Wildman–Crippen MR) is 68.8 cm³/mol. The van der Waals surface area contributed by atoms with Crippen LogP contribution in [0.5, 0.6) is 5.75 Å². The molecule has 0 aliphatic carbocycles. The molecule has 0 unspecified atom stereocenters. The van der Waals surface area contributed by atoms with Gasteiger partial charge in [0.2, 0.25) is 0 Å². The lowest BCUT2D eigenvalue weighted by Crippen LogP contribution is -2.05. The quantitative estimate of drug-likeness (QED) is 0.815. The number of carbonyl (C=O) groups is 2. The highest BCUT2D eigenvalue weighted by Crippen LogP contribution is 2.32. The number of ether oxygens (including phenoxy) is 1. The number of hydrogen-bond acceptors (Lipinski definition) is 3. The van der Waals surface area contributed by atoms with E-state index in [1.165, 1.54) is 19.2 Å². The molecule has 0 spiro atoms. The second-order valence-electron chi connectivity index (χ2n) is 3.64. The maximum atomic E-state index is 11.9. The average Bonchev–Trinajstić information content (AvgIpc) is 2.26. The molecule has 1 N–H and O–H groups in total. The van der Waals surface area contributed by atoms with Gasteiger partial charge in [0.05, 0.1) is 17.7 Å². The molecule has 0 bridgehead atoms. The lowest BCUT2D eigenvalue weighted by Gasteiger charge is -2.10. The summed E-state index contributed by atoms with van der Waals surface area (Å²) in [6.07, 6.45) is 0.305. The highest BCUT2D eigenvalue weighted by Gasteiger charge is 2.17. The number of ketones is 1. The van der Waals surface area contributed by atoms with Crippen LogP contribution in [0.4, 0.5) is 0 Å². The molecule has 6 heteroatoms. The third-order valence-corrected chi connectivity index (χ3v) is 2.83. The lowest BCUT2D eigenvalue weighted by molar-refractivity contribution is -0.137. The fourth-order valence-corrected chi connectivity index (χ4v) is 2.09. The average molecular weight is 291 g/mol. The Balaban J connectivity index is 2.88. The van der Waals surface area contributed by atoms with Gasteiger partial charge in [0.25, 0.3) is 0 Å². The third kappa shape index (κ3) is 3.89. The summed E-state index contributed by atoms with van der Waals surface area (Å²) in [6, 6.07) is 2.95. The normalized spacial score (nSPS) is 10.2. The number of aliphatic carboxylic acids is 1. The summed E-state index contributed by atoms with van der Waals surface area (Å²) < 4.78 is 5.05. The highest BCUT2D eigenvalue weighted by molar-refractivity contribution is 6.37. The van der Waals surface area contributed by atoms with Crippen molar-refractivity contribution in [3.8, 4) is 5.75 Å². The maximum Gasteiger partial charge on any atom is 0.303 e. The van der Waals surface area contributed by atoms with Crippen molar-refractivity contribution in [2.24, 2.45) is 0 Å². The van der Waals surface area contributed by atoms with Crippen LogP contribution in [0, 0.1) is 0 Å². The van der Waals surface area contributed by atoms with Gasteiger partial charge >= 0.3 is 5.97 Å². The summed E-state index contributed by atoms with van der Waals surface area (Å²) in [7, 11) is 1.41. The number of methoxy groups -OCH3 is 1. The Morgan fingerprint density at radius 3 is 2.50 bits per heavy atom. The number of carboxylic acid groups (broad SMARTS) is 1. The van der Waals surface area contributed by atoms with Gasteiger partial charge in [-0.1, -0.05) is 23.2 Å². The Hall–Kier alpha value is -1.26. The van der Waals surface area contributed by atoms with Crippen molar-refractivity contribution in [2.75, 3.05) is 7.11 Å². The van der Waals surface area contributed by atoms with Crippen LogP contribution in [0.2, 0.25) is 10.0 Å². The molecule has 1 rings (SSSR count). The first-order chi connectivity index (χ1) is 8.45. The zero-order chi connectivity index (χ0) is 13.7. The molecular formula is C12H12Cl2O4. The van der Waals surface area contributed by atoms with Crippen molar-refractivity contribution in [3.63, 3.8) is 0 Å². The molecule has 0 heterocycles. The number of hydrogen-bond donors (Lipinski definition) is 1. The van der Waals surface area contributed by atoms with Gasteiger partial charge in [-0.25, -0.2) is 0 Å². The van der Waals surface area contributed by atoms with Gasteiger partial charge in [0.1, 0.15) is 5.75 Å². The molecule has 0 radical (unpaired) electrons. The molecule has 0 saturated heterocycles. The van der Waals surface area contributed by atoms with E-state index in [2.05, 4.69) is 0 Å². The molecule has 1 aromatic carbocycles. The second kappa shape index (κ2) is 6.61. The van der Waals surface area contributed by atoms with E-state index in [1.807, 2.05) is 0 Å². The third-order valence-electron chi connectivity index (χ3n) is 2.31. The van der Waals surface area contributed by atoms with Crippen LogP contribution in [-0.4, -0.2) is 24.0 Å². The van der Waals surface area contributed by atoms with Crippen LogP contribution in [0.1, 0.15) is 29.6 Å². The summed E-state index contributed by atoms with van der Waals surface area (Å²) in [5.41, 5.74) is 0.244. The Morgan fingerprint density at radius 2 is 1.94 bits per heavy atom. The zero-order valence-electron chi connectivity index (χ0n) is 9.70. The smallest absolute Gasteiger partial charge is 0.303 e. The standard InChI is InChI=1S/C12H12Cl2O4/c1-18-10-6-7(13)5-8(14)12(10)9(15)3-2-4-11(16)17/h5-6H,2-4H2,1H3,(H,16,17). The van der Waals surface area contributed by atoms with Gasteiger partial charge in [-0.15, -0.1) is 0 Å². The first-order valence-electron chi connectivity index (χ1n) is 5.23. The lowest BCUT2D eigenvalue weighted by atomic mass is 10.0. The summed E-state index contributed by atoms with van der Waals surface area (Å²) in [5, 5.41) is 9.09. The summed E-state index contributed by atoms with van der Waals surface area (Å²) >= 11 is 11.7. The largest absolute Gasteiger partial charge is 0.496 e. The van der Waals surface area contributed by atoms with Crippen molar-refractivity contribution >= 4 is 35.0 Å². The Bertz CT molecular complexity index is 471. The molecule has 0 aliphatic rings. The minimum atomic E-state index is -0.933. The second-order valence-corrected chi connectivity index (χ2v) is 4.48. The first-order valence-corrected chi connectivity index (χ1v) is 5.99. The molecule has 98 valence electrons. The highest BCUT2D eigenvalue weighted by atomic mass is 35.5. The summed E-state index contributed by atoms with van der Waals surface area (Å²) in [4.78, 5) is 22.3. The fraction of sp³-hybridized carbons (Fsp3) is 0.333. The van der Waals surface area contributed by atoms with Crippen molar-refractivity contribution in [2.45, 2.75) is 19.3 Å². The maximum absolute atomic E-state index is 11.9. The Morgan fingerprint density at radius 1 is 1.28 bits per heavy atom. The minimum absolute atomic E-state index is 0.0563. The van der Waals surface area contributed by atoms with E-state index in [0.29, 0.717) is 10.8 Å². The zero-order valence-corrected chi connectivity index (χ0v) is 11.2. The van der Waals surface area contributed by atoms with Gasteiger partial charge < -0.3 is 9.84 Å². The molecule has 1 aromatic rings. The van der Waals surface area contributed by atoms with E-state index in [4.69, 9.17) is 33.0 Å². The van der Waals surface area contributed by atoms with Crippen LogP contribution >= 0.6 is 23.2 Å². The molecule has 18 heavy (non-hydrogen) atoms. The predicted octanol–water partition coefficient (Wildman–Crippen LogP) is 3.44. The van der Waals surface area contributed by atoms with E-state index in [-0.39, 0.29) is 35.6 Å². The molecule has 4 nitrogen and oxygen atoms in total.